The molecule has 0 saturated heterocycles. The molecule has 0 unspecified atom stereocenters. The van der Waals surface area contributed by atoms with Crippen molar-refractivity contribution in [1.82, 2.24) is 4.90 Å². The van der Waals surface area contributed by atoms with Crippen molar-refractivity contribution in [1.29, 1.82) is 5.26 Å². The third-order valence-corrected chi connectivity index (χ3v) is 3.17. The summed E-state index contributed by atoms with van der Waals surface area (Å²) in [5.41, 5.74) is 1.92. The Morgan fingerprint density at radius 2 is 1.79 bits per heavy atom. The fourth-order valence-corrected chi connectivity index (χ4v) is 1.94. The lowest BCUT2D eigenvalue weighted by atomic mass is 10.0. The molecular weight excluding hydrogens is 236 g/mol. The molecule has 1 amide bonds. The number of nitrogens with zero attached hydrogens (tertiary/aromatic N) is 2. The summed E-state index contributed by atoms with van der Waals surface area (Å²) in [5, 5.41) is 8.66. The molecule has 102 valence electrons. The smallest absolute Gasteiger partial charge is 0.254 e. The number of carbonyl (C=O) groups excluding carboxylic acids is 1. The van der Waals surface area contributed by atoms with Crippen molar-refractivity contribution in [2.24, 2.45) is 0 Å². The summed E-state index contributed by atoms with van der Waals surface area (Å²) in [6, 6.07) is 9.94. The van der Waals surface area contributed by atoms with Gasteiger partial charge in [0.2, 0.25) is 0 Å². The molecule has 1 rings (SSSR count). The Bertz CT molecular complexity index is 455. The highest BCUT2D eigenvalue weighted by Gasteiger charge is 2.18. The molecule has 1 aromatic rings. The Labute approximate surface area is 115 Å². The van der Waals surface area contributed by atoms with Crippen LogP contribution in [0.2, 0.25) is 0 Å². The fraction of sp³-hybridized carbons (Fsp3) is 0.500. The normalized spacial score (nSPS) is 10.6. The maximum atomic E-state index is 12.4. The number of rotatable bonds is 5. The average Bonchev–Trinajstić information content (AvgIpc) is 2.38. The summed E-state index contributed by atoms with van der Waals surface area (Å²) in [6.07, 6.45) is 0.369. The maximum Gasteiger partial charge on any atom is 0.254 e. The highest BCUT2D eigenvalue weighted by molar-refractivity contribution is 5.94. The molecule has 0 aliphatic heterocycles. The molecular formula is C16H22N2O. The molecule has 3 nitrogen and oxygen atoms in total. The zero-order valence-electron chi connectivity index (χ0n) is 12.2. The predicted octanol–water partition coefficient (Wildman–Crippen LogP) is 3.57. The van der Waals surface area contributed by atoms with Crippen molar-refractivity contribution in [2.45, 2.75) is 46.1 Å². The first-order valence-electron chi connectivity index (χ1n) is 6.75. The van der Waals surface area contributed by atoms with Crippen molar-refractivity contribution in [3.05, 3.63) is 35.4 Å². The molecule has 0 bridgehead atoms. The molecule has 0 aliphatic rings. The molecule has 0 N–H and O–H groups in total. The van der Waals surface area contributed by atoms with Gasteiger partial charge in [-0.15, -0.1) is 0 Å². The minimum absolute atomic E-state index is 0.000515. The summed E-state index contributed by atoms with van der Waals surface area (Å²) in [7, 11) is 0. The van der Waals surface area contributed by atoms with Gasteiger partial charge in [0.1, 0.15) is 0 Å². The van der Waals surface area contributed by atoms with Gasteiger partial charge in [0, 0.05) is 18.2 Å². The second-order valence-corrected chi connectivity index (χ2v) is 5.28. The second kappa shape index (κ2) is 6.94. The van der Waals surface area contributed by atoms with E-state index >= 15 is 0 Å². The SMILES string of the molecule is CC(C)c1ccc(C(=O)N(CCC#N)C(C)C)cc1. The molecule has 3 heteroatoms. The average molecular weight is 258 g/mol. The second-order valence-electron chi connectivity index (χ2n) is 5.28. The van der Waals surface area contributed by atoms with Crippen molar-refractivity contribution < 1.29 is 4.79 Å². The van der Waals surface area contributed by atoms with Gasteiger partial charge in [-0.25, -0.2) is 0 Å². The van der Waals surface area contributed by atoms with Crippen LogP contribution in [0.3, 0.4) is 0 Å². The summed E-state index contributed by atoms with van der Waals surface area (Å²) in [4.78, 5) is 14.1. The van der Waals surface area contributed by atoms with Crippen molar-refractivity contribution in [3.8, 4) is 6.07 Å². The van der Waals surface area contributed by atoms with Crippen molar-refractivity contribution >= 4 is 5.91 Å². The van der Waals surface area contributed by atoms with Crippen molar-refractivity contribution in [3.63, 3.8) is 0 Å². The molecule has 0 aromatic heterocycles. The van der Waals surface area contributed by atoms with Crippen LogP contribution in [0.25, 0.3) is 0 Å². The number of hydrogen-bond acceptors (Lipinski definition) is 2. The van der Waals surface area contributed by atoms with Gasteiger partial charge in [0.15, 0.2) is 0 Å². The lowest BCUT2D eigenvalue weighted by Gasteiger charge is -2.26. The lowest BCUT2D eigenvalue weighted by Crippen LogP contribution is -2.37. The van der Waals surface area contributed by atoms with Crippen LogP contribution in [0.1, 0.15) is 56.0 Å². The Hall–Kier alpha value is -1.82. The number of benzene rings is 1. The standard InChI is InChI=1S/C16H22N2O/c1-12(2)14-6-8-15(9-7-14)16(19)18(13(3)4)11-5-10-17/h6-9,12-13H,5,11H2,1-4H3. The Morgan fingerprint density at radius 3 is 2.21 bits per heavy atom. The van der Waals surface area contributed by atoms with E-state index in [9.17, 15) is 4.79 Å². The van der Waals surface area contributed by atoms with Crippen LogP contribution in [-0.4, -0.2) is 23.4 Å². The van der Waals surface area contributed by atoms with Crippen LogP contribution in [0.15, 0.2) is 24.3 Å². The highest BCUT2D eigenvalue weighted by atomic mass is 16.2. The minimum atomic E-state index is 0.000515. The molecule has 19 heavy (non-hydrogen) atoms. The van der Waals surface area contributed by atoms with Gasteiger partial charge in [0.05, 0.1) is 12.5 Å². The first kappa shape index (κ1) is 15.2. The number of amides is 1. The van der Waals surface area contributed by atoms with E-state index in [4.69, 9.17) is 5.26 Å². The van der Waals surface area contributed by atoms with Gasteiger partial charge in [-0.2, -0.15) is 5.26 Å². The Balaban J connectivity index is 2.87. The van der Waals surface area contributed by atoms with E-state index in [2.05, 4.69) is 19.9 Å². The number of nitriles is 1. The van der Waals surface area contributed by atoms with E-state index in [0.717, 1.165) is 0 Å². The Morgan fingerprint density at radius 1 is 1.21 bits per heavy atom. The van der Waals surface area contributed by atoms with Gasteiger partial charge in [0.25, 0.3) is 5.91 Å². The molecule has 1 aromatic carbocycles. The van der Waals surface area contributed by atoms with Gasteiger partial charge < -0.3 is 4.90 Å². The molecule has 0 heterocycles. The molecule has 0 aliphatic carbocycles. The predicted molar refractivity (Wildman–Crippen MR) is 76.9 cm³/mol. The number of carbonyl (C=O) groups is 1. The van der Waals surface area contributed by atoms with E-state index in [-0.39, 0.29) is 11.9 Å². The zero-order chi connectivity index (χ0) is 14.4. The topological polar surface area (TPSA) is 44.1 Å². The largest absolute Gasteiger partial charge is 0.335 e. The first-order valence-corrected chi connectivity index (χ1v) is 6.75. The molecule has 0 fully saturated rings. The van der Waals surface area contributed by atoms with E-state index in [1.807, 2.05) is 38.1 Å². The number of hydrogen-bond donors (Lipinski definition) is 0. The molecule has 0 atom stereocenters. The molecule has 0 radical (unpaired) electrons. The summed E-state index contributed by atoms with van der Waals surface area (Å²) in [6.45, 7) is 8.68. The fourth-order valence-electron chi connectivity index (χ4n) is 1.94. The minimum Gasteiger partial charge on any atom is -0.335 e. The molecule has 0 saturated carbocycles. The van der Waals surface area contributed by atoms with E-state index < -0.39 is 0 Å². The summed E-state index contributed by atoms with van der Waals surface area (Å²) < 4.78 is 0. The van der Waals surface area contributed by atoms with Crippen molar-refractivity contribution in [2.75, 3.05) is 6.54 Å². The summed E-state index contributed by atoms with van der Waals surface area (Å²) in [5.74, 6) is 0.462. The van der Waals surface area contributed by atoms with Crippen LogP contribution in [-0.2, 0) is 0 Å². The van der Waals surface area contributed by atoms with Crippen LogP contribution in [0, 0.1) is 11.3 Å². The summed E-state index contributed by atoms with van der Waals surface area (Å²) >= 11 is 0. The van der Waals surface area contributed by atoms with Crippen LogP contribution in [0.4, 0.5) is 0 Å². The third kappa shape index (κ3) is 4.10. The third-order valence-electron chi connectivity index (χ3n) is 3.17. The van der Waals surface area contributed by atoms with Gasteiger partial charge in [-0.1, -0.05) is 26.0 Å². The molecule has 0 spiro atoms. The van der Waals surface area contributed by atoms with E-state index in [1.54, 1.807) is 4.90 Å². The maximum absolute atomic E-state index is 12.4. The first-order chi connectivity index (χ1) is 8.97. The van der Waals surface area contributed by atoms with E-state index in [0.29, 0.717) is 24.4 Å². The lowest BCUT2D eigenvalue weighted by molar-refractivity contribution is 0.0710. The van der Waals surface area contributed by atoms with Gasteiger partial charge in [-0.05, 0) is 37.5 Å². The van der Waals surface area contributed by atoms with Crippen LogP contribution >= 0.6 is 0 Å². The van der Waals surface area contributed by atoms with E-state index in [1.165, 1.54) is 5.56 Å². The quantitative estimate of drug-likeness (QED) is 0.810. The monoisotopic (exact) mass is 258 g/mol. The van der Waals surface area contributed by atoms with Gasteiger partial charge >= 0.3 is 0 Å². The van der Waals surface area contributed by atoms with Gasteiger partial charge in [-0.3, -0.25) is 4.79 Å². The zero-order valence-corrected chi connectivity index (χ0v) is 12.2. The van der Waals surface area contributed by atoms with Crippen LogP contribution in [0.5, 0.6) is 0 Å². The Kier molecular flexibility index (Phi) is 5.57. The highest BCUT2D eigenvalue weighted by Crippen LogP contribution is 2.16. The van der Waals surface area contributed by atoms with Crippen LogP contribution < -0.4 is 0 Å².